The number of hydrogen-bond acceptors (Lipinski definition) is 4. The van der Waals surface area contributed by atoms with Gasteiger partial charge in [-0.3, -0.25) is 0 Å². The Morgan fingerprint density at radius 1 is 1.28 bits per heavy atom. The molecule has 100 valence electrons. The molecule has 2 saturated heterocycles. The number of hydrogen-bond donors (Lipinski definition) is 1. The highest BCUT2D eigenvalue weighted by Crippen LogP contribution is 2.40. The number of aliphatic hydroxyl groups is 1. The summed E-state index contributed by atoms with van der Waals surface area (Å²) < 4.78 is 27.3. The van der Waals surface area contributed by atoms with Gasteiger partial charge in [0, 0.05) is 17.0 Å². The minimum Gasteiger partial charge on any atom is -0.393 e. The van der Waals surface area contributed by atoms with Gasteiger partial charge in [-0.2, -0.15) is 4.31 Å². The smallest absolute Gasteiger partial charge is 0.253 e. The monoisotopic (exact) mass is 287 g/mol. The molecule has 18 heavy (non-hydrogen) atoms. The largest absolute Gasteiger partial charge is 0.393 e. The van der Waals surface area contributed by atoms with E-state index in [1.54, 1.807) is 10.4 Å². The van der Waals surface area contributed by atoms with Crippen LogP contribution in [0.1, 0.15) is 30.6 Å². The average molecular weight is 287 g/mol. The van der Waals surface area contributed by atoms with Crippen LogP contribution in [0, 0.1) is 6.92 Å². The molecule has 2 unspecified atom stereocenters. The van der Waals surface area contributed by atoms with Crippen LogP contribution in [-0.4, -0.2) is 36.0 Å². The lowest BCUT2D eigenvalue weighted by molar-refractivity contribution is 0.0769. The molecule has 2 bridgehead atoms. The highest BCUT2D eigenvalue weighted by molar-refractivity contribution is 7.91. The Labute approximate surface area is 111 Å². The van der Waals surface area contributed by atoms with Gasteiger partial charge in [0.15, 0.2) is 0 Å². The maximum absolute atomic E-state index is 12.6. The van der Waals surface area contributed by atoms with Gasteiger partial charge in [0.05, 0.1) is 6.10 Å². The van der Waals surface area contributed by atoms with Crippen LogP contribution in [0.15, 0.2) is 16.3 Å². The zero-order chi connectivity index (χ0) is 12.9. The Hall–Kier alpha value is -0.430. The van der Waals surface area contributed by atoms with Crippen molar-refractivity contribution in [2.75, 3.05) is 0 Å². The number of thiophene rings is 1. The molecule has 4 nitrogen and oxygen atoms in total. The second kappa shape index (κ2) is 4.30. The number of nitrogens with zero attached hydrogens (tertiary/aromatic N) is 1. The Morgan fingerprint density at radius 3 is 2.39 bits per heavy atom. The van der Waals surface area contributed by atoms with E-state index in [1.807, 2.05) is 13.0 Å². The summed E-state index contributed by atoms with van der Waals surface area (Å²) in [5.74, 6) is 0. The molecular formula is C12H17NO3S2. The highest BCUT2D eigenvalue weighted by Gasteiger charge is 2.47. The molecular weight excluding hydrogens is 270 g/mol. The van der Waals surface area contributed by atoms with E-state index in [0.717, 1.165) is 17.7 Å². The molecule has 3 heterocycles. The minimum atomic E-state index is -3.36. The average Bonchev–Trinajstić information content (AvgIpc) is 2.83. The Bertz CT molecular complexity index is 537. The van der Waals surface area contributed by atoms with E-state index in [-0.39, 0.29) is 18.2 Å². The molecule has 2 aliphatic heterocycles. The topological polar surface area (TPSA) is 57.6 Å². The van der Waals surface area contributed by atoms with Crippen LogP contribution in [-0.2, 0) is 10.0 Å². The van der Waals surface area contributed by atoms with Crippen molar-refractivity contribution in [3.05, 3.63) is 17.0 Å². The van der Waals surface area contributed by atoms with Crippen molar-refractivity contribution in [2.24, 2.45) is 0 Å². The van der Waals surface area contributed by atoms with Gasteiger partial charge < -0.3 is 5.11 Å². The first kappa shape index (κ1) is 12.6. The molecule has 0 spiro atoms. The quantitative estimate of drug-likeness (QED) is 0.901. The summed E-state index contributed by atoms with van der Waals surface area (Å²) in [6, 6.07) is 3.52. The lowest BCUT2D eigenvalue weighted by Gasteiger charge is -2.35. The number of sulfonamides is 1. The van der Waals surface area contributed by atoms with E-state index in [4.69, 9.17) is 0 Å². The summed E-state index contributed by atoms with van der Waals surface area (Å²) in [5, 5.41) is 9.73. The van der Waals surface area contributed by atoms with Crippen LogP contribution >= 0.6 is 11.3 Å². The van der Waals surface area contributed by atoms with Crippen LogP contribution < -0.4 is 0 Å². The van der Waals surface area contributed by atoms with Crippen molar-refractivity contribution < 1.29 is 13.5 Å². The van der Waals surface area contributed by atoms with Gasteiger partial charge >= 0.3 is 0 Å². The van der Waals surface area contributed by atoms with Crippen molar-refractivity contribution in [1.82, 2.24) is 4.31 Å². The lowest BCUT2D eigenvalue weighted by atomic mass is 10.0. The van der Waals surface area contributed by atoms with Gasteiger partial charge in [-0.1, -0.05) is 0 Å². The van der Waals surface area contributed by atoms with Gasteiger partial charge in [-0.05, 0) is 44.7 Å². The van der Waals surface area contributed by atoms with Gasteiger partial charge in [-0.25, -0.2) is 8.42 Å². The predicted octanol–water partition coefficient (Wildman–Crippen LogP) is 1.73. The molecule has 1 aromatic rings. The Kier molecular flexibility index (Phi) is 3.01. The zero-order valence-electron chi connectivity index (χ0n) is 10.2. The van der Waals surface area contributed by atoms with Gasteiger partial charge in [0.25, 0.3) is 10.0 Å². The molecule has 2 aliphatic rings. The second-order valence-corrected chi connectivity index (χ2v) is 8.57. The molecule has 0 radical (unpaired) electrons. The van der Waals surface area contributed by atoms with E-state index in [1.165, 1.54) is 11.3 Å². The number of aryl methyl sites for hydroxylation is 1. The molecule has 0 aromatic carbocycles. The van der Waals surface area contributed by atoms with Crippen molar-refractivity contribution in [1.29, 1.82) is 0 Å². The maximum atomic E-state index is 12.6. The first-order chi connectivity index (χ1) is 8.48. The summed E-state index contributed by atoms with van der Waals surface area (Å²) >= 11 is 1.33. The number of aliphatic hydroxyl groups excluding tert-OH is 1. The van der Waals surface area contributed by atoms with Gasteiger partial charge in [-0.15, -0.1) is 11.3 Å². The molecule has 3 rings (SSSR count). The third-order valence-corrected chi connectivity index (χ3v) is 7.36. The third-order valence-electron chi connectivity index (χ3n) is 3.89. The molecule has 2 atom stereocenters. The summed E-state index contributed by atoms with van der Waals surface area (Å²) in [6.07, 6.45) is 2.59. The second-order valence-electron chi connectivity index (χ2n) is 5.21. The molecule has 2 fully saturated rings. The van der Waals surface area contributed by atoms with Crippen molar-refractivity contribution in [2.45, 2.75) is 55.0 Å². The van der Waals surface area contributed by atoms with Crippen molar-refractivity contribution in [3.63, 3.8) is 0 Å². The number of fused-ring (bicyclic) bond motifs is 2. The molecule has 6 heteroatoms. The van der Waals surface area contributed by atoms with Crippen LogP contribution in [0.25, 0.3) is 0 Å². The van der Waals surface area contributed by atoms with Crippen LogP contribution in [0.5, 0.6) is 0 Å². The van der Waals surface area contributed by atoms with E-state index >= 15 is 0 Å². The number of rotatable bonds is 2. The lowest BCUT2D eigenvalue weighted by Crippen LogP contribution is -2.47. The highest BCUT2D eigenvalue weighted by atomic mass is 32.2. The van der Waals surface area contributed by atoms with E-state index < -0.39 is 10.0 Å². The van der Waals surface area contributed by atoms with Crippen LogP contribution in [0.3, 0.4) is 0 Å². The molecule has 1 aromatic heterocycles. The van der Waals surface area contributed by atoms with Gasteiger partial charge in [0.2, 0.25) is 0 Å². The van der Waals surface area contributed by atoms with Crippen molar-refractivity contribution in [3.8, 4) is 0 Å². The normalized spacial score (nSPS) is 32.9. The first-order valence-corrected chi connectivity index (χ1v) is 8.52. The van der Waals surface area contributed by atoms with Crippen molar-refractivity contribution >= 4 is 21.4 Å². The molecule has 0 saturated carbocycles. The molecule has 0 amide bonds. The van der Waals surface area contributed by atoms with Gasteiger partial charge in [0.1, 0.15) is 4.21 Å². The summed E-state index contributed by atoms with van der Waals surface area (Å²) in [6.45, 7) is 1.91. The molecule has 0 aliphatic carbocycles. The summed E-state index contributed by atoms with van der Waals surface area (Å²) in [4.78, 5) is 1.01. The fourth-order valence-corrected chi connectivity index (χ4v) is 6.43. The van der Waals surface area contributed by atoms with Crippen LogP contribution in [0.4, 0.5) is 0 Å². The fraction of sp³-hybridized carbons (Fsp3) is 0.667. The van der Waals surface area contributed by atoms with Crippen LogP contribution in [0.2, 0.25) is 0 Å². The molecule has 1 N–H and O–H groups in total. The van der Waals surface area contributed by atoms with E-state index in [0.29, 0.717) is 17.1 Å². The fourth-order valence-electron chi connectivity index (χ4n) is 3.15. The minimum absolute atomic E-state index is 0.00819. The SMILES string of the molecule is Cc1ccc(S(=O)(=O)N2C3CCC2CC(O)C3)s1. The van der Waals surface area contributed by atoms with E-state index in [9.17, 15) is 13.5 Å². The van der Waals surface area contributed by atoms with E-state index in [2.05, 4.69) is 0 Å². The Morgan fingerprint density at radius 2 is 1.89 bits per heavy atom. The number of piperidine rings is 1. The maximum Gasteiger partial charge on any atom is 0.253 e. The zero-order valence-corrected chi connectivity index (χ0v) is 11.9. The predicted molar refractivity (Wildman–Crippen MR) is 70.1 cm³/mol. The standard InChI is InChI=1S/C12H17NO3S2/c1-8-2-5-12(17-8)18(15,16)13-9-3-4-10(13)7-11(14)6-9/h2,5,9-11,14H,3-4,6-7H2,1H3. The summed E-state index contributed by atoms with van der Waals surface area (Å²) in [7, 11) is -3.36. The third kappa shape index (κ3) is 1.91. The first-order valence-electron chi connectivity index (χ1n) is 6.26. The Balaban J connectivity index is 1.96. The summed E-state index contributed by atoms with van der Waals surface area (Å²) in [5.41, 5.74) is 0.